The number of thiazole rings is 1. The molecular formula is C32H39N9O4S. The van der Waals surface area contributed by atoms with Crippen molar-refractivity contribution < 1.29 is 19.2 Å². The number of piperidine rings is 1. The van der Waals surface area contributed by atoms with Gasteiger partial charge in [-0.25, -0.2) is 15.0 Å². The second kappa shape index (κ2) is 14.3. The van der Waals surface area contributed by atoms with E-state index in [4.69, 9.17) is 0 Å². The summed E-state index contributed by atoms with van der Waals surface area (Å²) < 4.78 is 0. The van der Waals surface area contributed by atoms with Crippen molar-refractivity contribution in [1.29, 1.82) is 0 Å². The van der Waals surface area contributed by atoms with E-state index in [0.29, 0.717) is 54.0 Å². The zero-order valence-corrected chi connectivity index (χ0v) is 26.8. The molecule has 1 aromatic carbocycles. The number of anilines is 4. The highest BCUT2D eigenvalue weighted by Gasteiger charge is 2.28. The minimum atomic E-state index is -0.279. The number of hydrogen-bond donors (Lipinski definition) is 2. The SMILES string of the molecule is Cc1nc(Nc2ncc(C=O)s2)cc(N2CCN(CCCC(=O)N3CCN(c4ccc(C5CCC(=O)NC5=O)cc4)CC3)CC2)n1. The summed E-state index contributed by atoms with van der Waals surface area (Å²) >= 11 is 1.28. The van der Waals surface area contributed by atoms with Crippen molar-refractivity contribution in [2.24, 2.45) is 0 Å². The first-order valence-electron chi connectivity index (χ1n) is 15.8. The molecule has 3 aromatic rings. The molecule has 3 aliphatic heterocycles. The molecule has 3 saturated heterocycles. The Balaban J connectivity index is 0.903. The summed E-state index contributed by atoms with van der Waals surface area (Å²) in [6.45, 7) is 9.17. The van der Waals surface area contributed by atoms with E-state index in [9.17, 15) is 19.2 Å². The Labute approximate surface area is 272 Å². The molecule has 3 aliphatic rings. The number of imide groups is 1. The van der Waals surface area contributed by atoms with Crippen molar-refractivity contribution in [3.63, 3.8) is 0 Å². The van der Waals surface area contributed by atoms with Crippen LogP contribution < -0.4 is 20.4 Å². The molecule has 0 saturated carbocycles. The predicted octanol–water partition coefficient (Wildman–Crippen LogP) is 2.57. The first kappa shape index (κ1) is 31.5. The molecule has 6 rings (SSSR count). The fourth-order valence-corrected chi connectivity index (χ4v) is 6.88. The first-order chi connectivity index (χ1) is 22.3. The number of piperazine rings is 2. The van der Waals surface area contributed by atoms with Gasteiger partial charge in [0.05, 0.1) is 17.0 Å². The second-order valence-electron chi connectivity index (χ2n) is 11.9. The number of carbonyl (C=O) groups is 4. The number of rotatable bonds is 10. The lowest BCUT2D eigenvalue weighted by Gasteiger charge is -2.37. The van der Waals surface area contributed by atoms with E-state index in [1.54, 1.807) is 0 Å². The summed E-state index contributed by atoms with van der Waals surface area (Å²) in [5.41, 5.74) is 2.01. The van der Waals surface area contributed by atoms with Crippen molar-refractivity contribution >= 4 is 57.8 Å². The van der Waals surface area contributed by atoms with Gasteiger partial charge in [0.25, 0.3) is 0 Å². The molecule has 0 radical (unpaired) electrons. The minimum Gasteiger partial charge on any atom is -0.368 e. The Morgan fingerprint density at radius 2 is 1.76 bits per heavy atom. The largest absolute Gasteiger partial charge is 0.368 e. The average molecular weight is 646 g/mol. The van der Waals surface area contributed by atoms with Gasteiger partial charge in [-0.05, 0) is 44.0 Å². The van der Waals surface area contributed by atoms with Crippen molar-refractivity contribution in [1.82, 2.24) is 30.1 Å². The van der Waals surface area contributed by atoms with E-state index in [2.05, 4.69) is 40.3 Å². The summed E-state index contributed by atoms with van der Waals surface area (Å²) in [7, 11) is 0. The summed E-state index contributed by atoms with van der Waals surface area (Å²) in [5.74, 6) is 1.69. The van der Waals surface area contributed by atoms with E-state index < -0.39 is 0 Å². The van der Waals surface area contributed by atoms with Crippen LogP contribution in [-0.4, -0.2) is 108 Å². The Hall–Kier alpha value is -4.43. The molecule has 3 fully saturated rings. The van der Waals surface area contributed by atoms with E-state index in [-0.39, 0.29) is 23.6 Å². The summed E-state index contributed by atoms with van der Waals surface area (Å²) in [6, 6.07) is 9.94. The van der Waals surface area contributed by atoms with Gasteiger partial charge in [-0.15, -0.1) is 0 Å². The Morgan fingerprint density at radius 3 is 2.46 bits per heavy atom. The van der Waals surface area contributed by atoms with Gasteiger partial charge in [-0.2, -0.15) is 0 Å². The van der Waals surface area contributed by atoms with Crippen LogP contribution in [0.15, 0.2) is 36.5 Å². The van der Waals surface area contributed by atoms with Crippen LogP contribution in [-0.2, 0) is 14.4 Å². The number of aryl methyl sites for hydroxylation is 1. The highest BCUT2D eigenvalue weighted by molar-refractivity contribution is 7.17. The highest BCUT2D eigenvalue weighted by atomic mass is 32.1. The molecule has 1 unspecified atom stereocenters. The number of nitrogens with zero attached hydrogens (tertiary/aromatic N) is 7. The molecule has 0 spiro atoms. The molecule has 14 heteroatoms. The average Bonchev–Trinajstić information content (AvgIpc) is 3.52. The van der Waals surface area contributed by atoms with E-state index in [0.717, 1.165) is 75.6 Å². The Kier molecular flexibility index (Phi) is 9.83. The molecule has 5 heterocycles. The van der Waals surface area contributed by atoms with Gasteiger partial charge in [0, 0.05) is 77.0 Å². The smallest absolute Gasteiger partial charge is 0.234 e. The molecule has 2 aromatic heterocycles. The number of aromatic nitrogens is 3. The summed E-state index contributed by atoms with van der Waals surface area (Å²) in [6.07, 6.45) is 4.62. The van der Waals surface area contributed by atoms with Gasteiger partial charge in [0.2, 0.25) is 17.7 Å². The maximum atomic E-state index is 13.0. The maximum absolute atomic E-state index is 13.0. The van der Waals surface area contributed by atoms with Crippen LogP contribution in [0, 0.1) is 6.92 Å². The number of benzene rings is 1. The zero-order chi connectivity index (χ0) is 32.0. The molecule has 2 N–H and O–H groups in total. The normalized spacial score (nSPS) is 19.2. The molecule has 0 aliphatic carbocycles. The van der Waals surface area contributed by atoms with Crippen molar-refractivity contribution in [3.8, 4) is 0 Å². The molecule has 46 heavy (non-hydrogen) atoms. The monoisotopic (exact) mass is 645 g/mol. The van der Waals surface area contributed by atoms with Crippen molar-refractivity contribution in [2.45, 2.75) is 38.5 Å². The standard InChI is InChI=1S/C32H39N9O4S/c1-22-34-27(36-32-33-20-25(21-42)46-32)19-28(35-22)40-13-11-38(12-14-40)10-2-3-30(44)41-17-15-39(16-18-41)24-6-4-23(5-7-24)26-8-9-29(43)37-31(26)45/h4-7,19-21,26H,2-3,8-18H2,1H3,(H,37,43,45)(H,33,34,35,36). The van der Waals surface area contributed by atoms with Crippen LogP contribution in [0.1, 0.15) is 52.7 Å². The fraction of sp³-hybridized carbons (Fsp3) is 0.469. The topological polar surface area (TPSA) is 144 Å². The van der Waals surface area contributed by atoms with E-state index >= 15 is 0 Å². The van der Waals surface area contributed by atoms with Crippen LogP contribution in [0.4, 0.5) is 22.5 Å². The van der Waals surface area contributed by atoms with Gasteiger partial charge >= 0.3 is 0 Å². The molecular weight excluding hydrogens is 606 g/mol. The van der Waals surface area contributed by atoms with Crippen LogP contribution in [0.5, 0.6) is 0 Å². The molecule has 242 valence electrons. The van der Waals surface area contributed by atoms with Gasteiger partial charge in [0.15, 0.2) is 11.4 Å². The van der Waals surface area contributed by atoms with Crippen LogP contribution in [0.3, 0.4) is 0 Å². The van der Waals surface area contributed by atoms with Gasteiger partial charge in [0.1, 0.15) is 17.5 Å². The Morgan fingerprint density at radius 1 is 1.02 bits per heavy atom. The number of aldehydes is 1. The van der Waals surface area contributed by atoms with Crippen LogP contribution >= 0.6 is 11.3 Å². The molecule has 0 bridgehead atoms. The Bertz CT molecular complexity index is 1560. The van der Waals surface area contributed by atoms with E-state index in [1.807, 2.05) is 42.2 Å². The van der Waals surface area contributed by atoms with Gasteiger partial charge in [-0.3, -0.25) is 29.4 Å². The third-order valence-electron chi connectivity index (χ3n) is 8.79. The number of amides is 3. The molecule has 3 amide bonds. The van der Waals surface area contributed by atoms with E-state index in [1.165, 1.54) is 17.5 Å². The van der Waals surface area contributed by atoms with Gasteiger partial charge < -0.3 is 20.0 Å². The third kappa shape index (κ3) is 7.68. The quantitative estimate of drug-likeness (QED) is 0.248. The lowest BCUT2D eigenvalue weighted by atomic mass is 9.90. The first-order valence-corrected chi connectivity index (χ1v) is 16.6. The second-order valence-corrected chi connectivity index (χ2v) is 12.9. The van der Waals surface area contributed by atoms with Crippen LogP contribution in [0.25, 0.3) is 0 Å². The summed E-state index contributed by atoms with van der Waals surface area (Å²) in [5, 5.41) is 6.23. The molecule has 13 nitrogen and oxygen atoms in total. The number of nitrogens with one attached hydrogen (secondary N) is 2. The lowest BCUT2D eigenvalue weighted by Crippen LogP contribution is -2.49. The van der Waals surface area contributed by atoms with Crippen molar-refractivity contribution in [2.75, 3.05) is 74.0 Å². The van der Waals surface area contributed by atoms with Crippen molar-refractivity contribution in [3.05, 3.63) is 52.8 Å². The number of hydrogen-bond acceptors (Lipinski definition) is 12. The third-order valence-corrected chi connectivity index (χ3v) is 9.63. The summed E-state index contributed by atoms with van der Waals surface area (Å²) in [4.78, 5) is 70.4. The fourth-order valence-electron chi connectivity index (χ4n) is 6.24. The van der Waals surface area contributed by atoms with Crippen LogP contribution in [0.2, 0.25) is 0 Å². The molecule has 1 atom stereocenters. The van der Waals surface area contributed by atoms with Gasteiger partial charge in [-0.1, -0.05) is 23.5 Å². The maximum Gasteiger partial charge on any atom is 0.234 e. The number of carbonyl (C=O) groups excluding carboxylic acids is 4. The minimum absolute atomic E-state index is 0.202. The highest BCUT2D eigenvalue weighted by Crippen LogP contribution is 2.28. The zero-order valence-electron chi connectivity index (χ0n) is 26.0. The lowest BCUT2D eigenvalue weighted by molar-refractivity contribution is -0.134. The predicted molar refractivity (Wildman–Crippen MR) is 176 cm³/mol.